The van der Waals surface area contributed by atoms with Crippen molar-refractivity contribution in [1.29, 1.82) is 0 Å². The van der Waals surface area contributed by atoms with Crippen molar-refractivity contribution < 1.29 is 8.42 Å². The normalized spacial score (nSPS) is 16.8. The number of guanidine groups is 1. The van der Waals surface area contributed by atoms with Gasteiger partial charge in [-0.1, -0.05) is 26.7 Å². The topological polar surface area (TPSA) is 70.6 Å². The molecule has 0 saturated heterocycles. The Morgan fingerprint density at radius 3 is 2.35 bits per heavy atom. The summed E-state index contributed by atoms with van der Waals surface area (Å²) >= 11 is 0. The first kappa shape index (κ1) is 22.9. The molecule has 5 nitrogen and oxygen atoms in total. The lowest BCUT2D eigenvalue weighted by Gasteiger charge is -2.15. The van der Waals surface area contributed by atoms with Crippen LogP contribution < -0.4 is 10.6 Å². The van der Waals surface area contributed by atoms with Gasteiger partial charge in [-0.15, -0.1) is 24.0 Å². The van der Waals surface area contributed by atoms with Crippen molar-refractivity contribution in [3.63, 3.8) is 0 Å². The molecule has 0 unspecified atom stereocenters. The number of rotatable bonds is 10. The summed E-state index contributed by atoms with van der Waals surface area (Å²) in [5.41, 5.74) is -0.104. The van der Waals surface area contributed by atoms with E-state index >= 15 is 0 Å². The molecule has 1 saturated carbocycles. The predicted octanol–water partition coefficient (Wildman–Crippen LogP) is 2.81. The zero-order valence-corrected chi connectivity index (χ0v) is 18.2. The van der Waals surface area contributed by atoms with E-state index < -0.39 is 9.84 Å². The molecule has 0 atom stereocenters. The second-order valence-electron chi connectivity index (χ2n) is 7.08. The average molecular weight is 459 g/mol. The quantitative estimate of drug-likeness (QED) is 0.228. The fourth-order valence-corrected chi connectivity index (χ4v) is 4.05. The Hall–Kier alpha value is -0.0500. The van der Waals surface area contributed by atoms with Gasteiger partial charge in [0.15, 0.2) is 5.96 Å². The van der Waals surface area contributed by atoms with Crippen LogP contribution in [-0.4, -0.2) is 46.0 Å². The largest absolute Gasteiger partial charge is 0.357 e. The molecule has 0 heterocycles. The molecule has 0 amide bonds. The molecule has 1 rings (SSSR count). The Balaban J connectivity index is 0.00000484. The summed E-state index contributed by atoms with van der Waals surface area (Å²) in [5.74, 6) is 1.83. The SMILES string of the molecule is CCNC(=NCC1(CS(C)(=O)=O)CC1)NCCCCC(C)C.I. The van der Waals surface area contributed by atoms with Gasteiger partial charge in [-0.05, 0) is 32.1 Å². The Kier molecular flexibility index (Phi) is 10.7. The van der Waals surface area contributed by atoms with Gasteiger partial charge in [0.05, 0.1) is 5.75 Å². The van der Waals surface area contributed by atoms with Crippen molar-refractivity contribution in [2.75, 3.05) is 31.6 Å². The molecule has 0 spiro atoms. The van der Waals surface area contributed by atoms with Crippen molar-refractivity contribution in [1.82, 2.24) is 10.6 Å². The van der Waals surface area contributed by atoms with E-state index in [4.69, 9.17) is 0 Å². The standard InChI is InChI=1S/C16H33N3O2S.HI/c1-5-17-15(18-11-7-6-8-14(2)3)19-12-16(9-10-16)13-22(4,20)21;/h14H,5-13H2,1-4H3,(H2,17,18,19);1H. The summed E-state index contributed by atoms with van der Waals surface area (Å²) in [6, 6.07) is 0. The van der Waals surface area contributed by atoms with Gasteiger partial charge in [-0.25, -0.2) is 8.42 Å². The highest BCUT2D eigenvalue weighted by Gasteiger charge is 2.45. The van der Waals surface area contributed by atoms with E-state index in [1.807, 2.05) is 6.92 Å². The lowest BCUT2D eigenvalue weighted by atomic mass is 10.1. The van der Waals surface area contributed by atoms with E-state index in [2.05, 4.69) is 29.5 Å². The smallest absolute Gasteiger partial charge is 0.191 e. The van der Waals surface area contributed by atoms with Crippen molar-refractivity contribution in [2.24, 2.45) is 16.3 Å². The van der Waals surface area contributed by atoms with Gasteiger partial charge in [0, 0.05) is 31.3 Å². The van der Waals surface area contributed by atoms with E-state index in [0.29, 0.717) is 6.54 Å². The second-order valence-corrected chi connectivity index (χ2v) is 9.22. The van der Waals surface area contributed by atoms with Crippen LogP contribution in [0.25, 0.3) is 0 Å². The Bertz CT molecular complexity index is 460. The van der Waals surface area contributed by atoms with E-state index in [-0.39, 0.29) is 35.1 Å². The van der Waals surface area contributed by atoms with E-state index in [1.165, 1.54) is 19.1 Å². The zero-order chi connectivity index (χ0) is 16.6. The molecule has 1 fully saturated rings. The van der Waals surface area contributed by atoms with Gasteiger partial charge in [0.25, 0.3) is 0 Å². The van der Waals surface area contributed by atoms with Crippen molar-refractivity contribution in [3.8, 4) is 0 Å². The van der Waals surface area contributed by atoms with E-state index in [0.717, 1.165) is 44.2 Å². The van der Waals surface area contributed by atoms with Crippen LogP contribution in [0.15, 0.2) is 4.99 Å². The lowest BCUT2D eigenvalue weighted by molar-refractivity contribution is 0.532. The van der Waals surface area contributed by atoms with Crippen LogP contribution in [0, 0.1) is 11.3 Å². The maximum atomic E-state index is 11.5. The number of halogens is 1. The Morgan fingerprint density at radius 2 is 1.87 bits per heavy atom. The molecular weight excluding hydrogens is 425 g/mol. The molecule has 0 aromatic carbocycles. The highest BCUT2D eigenvalue weighted by molar-refractivity contribution is 14.0. The molecule has 1 aliphatic carbocycles. The molecular formula is C16H34IN3O2S. The van der Waals surface area contributed by atoms with E-state index in [1.54, 1.807) is 0 Å². The summed E-state index contributed by atoms with van der Waals surface area (Å²) in [4.78, 5) is 4.59. The maximum absolute atomic E-state index is 11.5. The van der Waals surface area contributed by atoms with E-state index in [9.17, 15) is 8.42 Å². The van der Waals surface area contributed by atoms with Gasteiger partial charge in [0.2, 0.25) is 0 Å². The highest BCUT2D eigenvalue weighted by Crippen LogP contribution is 2.46. The van der Waals surface area contributed by atoms with Gasteiger partial charge >= 0.3 is 0 Å². The highest BCUT2D eigenvalue weighted by atomic mass is 127. The number of unbranched alkanes of at least 4 members (excludes halogenated alkanes) is 1. The molecule has 7 heteroatoms. The van der Waals surface area contributed by atoms with Crippen molar-refractivity contribution >= 4 is 39.8 Å². The number of nitrogens with zero attached hydrogens (tertiary/aromatic N) is 1. The first-order chi connectivity index (χ1) is 10.3. The fraction of sp³-hybridized carbons (Fsp3) is 0.938. The first-order valence-corrected chi connectivity index (χ1v) is 10.5. The minimum atomic E-state index is -2.92. The van der Waals surface area contributed by atoms with Gasteiger partial charge in [-0.3, -0.25) is 4.99 Å². The van der Waals surface area contributed by atoms with Crippen LogP contribution in [0.2, 0.25) is 0 Å². The molecule has 0 aromatic rings. The minimum absolute atomic E-state index is 0. The van der Waals surface area contributed by atoms with Gasteiger partial charge < -0.3 is 10.6 Å². The third-order valence-corrected chi connectivity index (χ3v) is 5.08. The lowest BCUT2D eigenvalue weighted by Crippen LogP contribution is -2.38. The van der Waals surface area contributed by atoms with Crippen LogP contribution in [0.3, 0.4) is 0 Å². The first-order valence-electron chi connectivity index (χ1n) is 8.46. The molecule has 0 aromatic heterocycles. The van der Waals surface area contributed by atoms with Crippen LogP contribution in [0.5, 0.6) is 0 Å². The molecule has 138 valence electrons. The summed E-state index contributed by atoms with van der Waals surface area (Å²) < 4.78 is 23.0. The molecule has 2 N–H and O–H groups in total. The van der Waals surface area contributed by atoms with Crippen molar-refractivity contribution in [3.05, 3.63) is 0 Å². The van der Waals surface area contributed by atoms with Gasteiger partial charge in [0.1, 0.15) is 9.84 Å². The minimum Gasteiger partial charge on any atom is -0.357 e. The molecule has 0 bridgehead atoms. The number of aliphatic imine (C=N–C) groups is 1. The molecule has 23 heavy (non-hydrogen) atoms. The maximum Gasteiger partial charge on any atom is 0.191 e. The van der Waals surface area contributed by atoms with Crippen LogP contribution in [0.4, 0.5) is 0 Å². The van der Waals surface area contributed by atoms with Crippen LogP contribution in [0.1, 0.15) is 52.9 Å². The third-order valence-electron chi connectivity index (χ3n) is 3.94. The summed E-state index contributed by atoms with van der Waals surface area (Å²) in [6.07, 6.45) is 6.87. The van der Waals surface area contributed by atoms with Crippen molar-refractivity contribution in [2.45, 2.75) is 52.9 Å². The van der Waals surface area contributed by atoms with Crippen LogP contribution >= 0.6 is 24.0 Å². The Labute approximate surface area is 159 Å². The second kappa shape index (κ2) is 10.7. The molecule has 0 aliphatic heterocycles. The third kappa shape index (κ3) is 11.2. The average Bonchev–Trinajstić information content (AvgIpc) is 3.13. The number of nitrogens with one attached hydrogen (secondary N) is 2. The summed E-state index contributed by atoms with van der Waals surface area (Å²) in [6.45, 7) is 8.86. The zero-order valence-electron chi connectivity index (χ0n) is 15.0. The van der Waals surface area contributed by atoms with Gasteiger partial charge in [-0.2, -0.15) is 0 Å². The van der Waals surface area contributed by atoms with Crippen LogP contribution in [-0.2, 0) is 9.84 Å². The summed E-state index contributed by atoms with van der Waals surface area (Å²) in [5, 5.41) is 6.58. The summed E-state index contributed by atoms with van der Waals surface area (Å²) in [7, 11) is -2.92. The predicted molar refractivity (Wildman–Crippen MR) is 109 cm³/mol. The monoisotopic (exact) mass is 459 g/mol. The Morgan fingerprint density at radius 1 is 1.22 bits per heavy atom. The molecule has 0 radical (unpaired) electrons. The fourth-order valence-electron chi connectivity index (χ4n) is 2.55. The molecule has 1 aliphatic rings. The number of hydrogen-bond donors (Lipinski definition) is 2. The number of hydrogen-bond acceptors (Lipinski definition) is 3. The number of sulfone groups is 1.